The molecule has 3 fully saturated rings. The summed E-state index contributed by atoms with van der Waals surface area (Å²) < 4.78 is 40.9. The van der Waals surface area contributed by atoms with E-state index in [-0.39, 0.29) is 36.7 Å². The number of ether oxygens (including phenoxy) is 2. The zero-order valence-corrected chi connectivity index (χ0v) is 23.5. The number of carbonyl (C=O) groups excluding carboxylic acids is 1. The summed E-state index contributed by atoms with van der Waals surface area (Å²) in [4.78, 5) is 15.4. The zero-order chi connectivity index (χ0) is 27.4. The van der Waals surface area contributed by atoms with Gasteiger partial charge in [0.25, 0.3) is 0 Å². The third-order valence-electron chi connectivity index (χ3n) is 8.35. The van der Waals surface area contributed by atoms with E-state index in [1.807, 2.05) is 17.0 Å². The molecule has 0 saturated carbocycles. The number of fused-ring (bicyclic) bond motifs is 1. The maximum Gasteiger partial charge on any atom is 0.243 e. The van der Waals surface area contributed by atoms with Crippen LogP contribution in [0.4, 0.5) is 0 Å². The third kappa shape index (κ3) is 6.72. The van der Waals surface area contributed by atoms with E-state index in [2.05, 4.69) is 24.3 Å². The van der Waals surface area contributed by atoms with Crippen LogP contribution >= 0.6 is 0 Å². The van der Waals surface area contributed by atoms with E-state index >= 15 is 0 Å². The molecule has 3 aliphatic rings. The number of hydrogen-bond donors (Lipinski definition) is 1. The van der Waals surface area contributed by atoms with E-state index in [0.29, 0.717) is 30.7 Å². The number of aryl methyl sites for hydroxylation is 1. The summed E-state index contributed by atoms with van der Waals surface area (Å²) in [5.41, 5.74) is 2.01. The molecule has 212 valence electrons. The minimum Gasteiger partial charge on any atom is -0.389 e. The van der Waals surface area contributed by atoms with E-state index in [1.54, 1.807) is 25.1 Å². The summed E-state index contributed by atoms with van der Waals surface area (Å²) in [6.45, 7) is 3.46. The Morgan fingerprint density at radius 1 is 0.974 bits per heavy atom. The van der Waals surface area contributed by atoms with E-state index in [0.717, 1.165) is 32.4 Å². The van der Waals surface area contributed by atoms with Crippen molar-refractivity contribution >= 4 is 15.9 Å². The van der Waals surface area contributed by atoms with Crippen LogP contribution in [0, 0.1) is 12.8 Å². The first-order valence-corrected chi connectivity index (χ1v) is 15.6. The molecule has 2 aromatic carbocycles. The van der Waals surface area contributed by atoms with Crippen LogP contribution in [0.15, 0.2) is 59.5 Å². The van der Waals surface area contributed by atoms with Crippen LogP contribution in [0.5, 0.6) is 0 Å². The second-order valence-corrected chi connectivity index (χ2v) is 13.0. The van der Waals surface area contributed by atoms with Gasteiger partial charge >= 0.3 is 0 Å². The van der Waals surface area contributed by atoms with Crippen molar-refractivity contribution in [2.75, 3.05) is 32.8 Å². The first kappa shape index (κ1) is 28.2. The Morgan fingerprint density at radius 3 is 2.44 bits per heavy atom. The molecule has 5 rings (SSSR count). The van der Waals surface area contributed by atoms with Crippen molar-refractivity contribution in [3.63, 3.8) is 0 Å². The fourth-order valence-electron chi connectivity index (χ4n) is 6.20. The number of sulfonamides is 1. The summed E-state index contributed by atoms with van der Waals surface area (Å²) in [6.07, 6.45) is 2.76. The lowest BCUT2D eigenvalue weighted by molar-refractivity contribution is -0.152. The Morgan fingerprint density at radius 2 is 1.69 bits per heavy atom. The lowest BCUT2D eigenvalue weighted by atomic mass is 9.90. The van der Waals surface area contributed by atoms with Gasteiger partial charge in [-0.15, -0.1) is 0 Å². The number of piperidine rings is 1. The van der Waals surface area contributed by atoms with Gasteiger partial charge in [-0.2, -0.15) is 4.31 Å². The maximum atomic E-state index is 13.7. The van der Waals surface area contributed by atoms with Gasteiger partial charge in [0.2, 0.25) is 15.9 Å². The van der Waals surface area contributed by atoms with Gasteiger partial charge in [-0.1, -0.05) is 48.5 Å². The smallest absolute Gasteiger partial charge is 0.243 e. The highest BCUT2D eigenvalue weighted by Gasteiger charge is 2.43. The second-order valence-electron chi connectivity index (χ2n) is 11.2. The minimum absolute atomic E-state index is 0.0356. The van der Waals surface area contributed by atoms with Crippen molar-refractivity contribution in [1.82, 2.24) is 9.21 Å². The topological polar surface area (TPSA) is 96.4 Å². The number of β-amino-alcohol motifs (C(OH)–C–C–N with tert-alkyl or cyclic N) is 1. The number of amides is 1. The Labute approximate surface area is 232 Å². The Bertz CT molecular complexity index is 1210. The number of hydrogen-bond acceptors (Lipinski definition) is 6. The van der Waals surface area contributed by atoms with Crippen LogP contribution < -0.4 is 0 Å². The molecule has 0 spiro atoms. The van der Waals surface area contributed by atoms with E-state index in [1.165, 1.54) is 9.87 Å². The quantitative estimate of drug-likeness (QED) is 0.587. The molecule has 0 radical (unpaired) electrons. The highest BCUT2D eigenvalue weighted by Crippen LogP contribution is 2.33. The monoisotopic (exact) mass is 556 g/mol. The Hall–Kier alpha value is -2.30. The van der Waals surface area contributed by atoms with Gasteiger partial charge in [0.05, 0.1) is 48.9 Å². The molecule has 3 heterocycles. The van der Waals surface area contributed by atoms with Gasteiger partial charge in [0, 0.05) is 19.6 Å². The largest absolute Gasteiger partial charge is 0.389 e. The first-order valence-electron chi connectivity index (χ1n) is 14.1. The van der Waals surface area contributed by atoms with Crippen LogP contribution in [-0.4, -0.2) is 85.8 Å². The molecule has 0 aromatic heterocycles. The highest BCUT2D eigenvalue weighted by atomic mass is 32.2. The summed E-state index contributed by atoms with van der Waals surface area (Å²) in [6, 6.07) is 16.9. The van der Waals surface area contributed by atoms with Crippen LogP contribution in [0.25, 0.3) is 0 Å². The Kier molecular flexibility index (Phi) is 9.03. The van der Waals surface area contributed by atoms with Crippen molar-refractivity contribution in [3.8, 4) is 0 Å². The number of carbonyl (C=O) groups is 1. The molecule has 0 unspecified atom stereocenters. The van der Waals surface area contributed by atoms with Gasteiger partial charge in [0.15, 0.2) is 0 Å². The summed E-state index contributed by atoms with van der Waals surface area (Å²) >= 11 is 0. The van der Waals surface area contributed by atoms with Crippen molar-refractivity contribution in [3.05, 3.63) is 65.7 Å². The number of likely N-dealkylation sites (tertiary alicyclic amines) is 1. The average molecular weight is 557 g/mol. The van der Waals surface area contributed by atoms with Crippen molar-refractivity contribution in [2.45, 2.75) is 74.7 Å². The summed E-state index contributed by atoms with van der Waals surface area (Å²) in [5.74, 6) is 0.690. The van der Waals surface area contributed by atoms with Gasteiger partial charge in [-0.3, -0.25) is 4.79 Å². The van der Waals surface area contributed by atoms with Gasteiger partial charge < -0.3 is 19.5 Å². The first-order chi connectivity index (χ1) is 18.8. The van der Waals surface area contributed by atoms with Crippen LogP contribution in [-0.2, 0) is 30.7 Å². The number of benzene rings is 2. The lowest BCUT2D eigenvalue weighted by Gasteiger charge is -2.44. The summed E-state index contributed by atoms with van der Waals surface area (Å²) in [7, 11) is -3.86. The molecule has 0 bridgehead atoms. The molecule has 3 aliphatic heterocycles. The predicted octanol–water partition coefficient (Wildman–Crippen LogP) is 3.16. The van der Waals surface area contributed by atoms with Crippen molar-refractivity contribution in [2.24, 2.45) is 5.92 Å². The molecular formula is C30H40N2O6S. The molecule has 8 nitrogen and oxygen atoms in total. The number of rotatable bonds is 6. The standard InChI is InChI=1S/C30H40N2O6S/c1-22-7-5-6-10-29(22)39(35,36)32-19-25(33)20-37-21-28-27(32)12-11-26(38-28)18-30(34)31-15-13-24(14-16-31)17-23-8-3-2-4-9-23/h2-10,24-28,33H,11-21H2,1H3/t25-,26+,27+,28-/m1/s1. The highest BCUT2D eigenvalue weighted by molar-refractivity contribution is 7.89. The van der Waals surface area contributed by atoms with E-state index in [9.17, 15) is 18.3 Å². The number of aliphatic hydroxyl groups is 1. The van der Waals surface area contributed by atoms with Gasteiger partial charge in [0.1, 0.15) is 0 Å². The third-order valence-corrected chi connectivity index (χ3v) is 10.4. The molecular weight excluding hydrogens is 516 g/mol. The Balaban J connectivity index is 1.20. The molecule has 2 aromatic rings. The minimum atomic E-state index is -3.86. The van der Waals surface area contributed by atoms with E-state index in [4.69, 9.17) is 9.47 Å². The number of nitrogens with zero attached hydrogens (tertiary/aromatic N) is 2. The molecule has 0 aliphatic carbocycles. The molecule has 39 heavy (non-hydrogen) atoms. The number of aliphatic hydroxyl groups excluding tert-OH is 1. The maximum absolute atomic E-state index is 13.7. The molecule has 3 saturated heterocycles. The average Bonchev–Trinajstić information content (AvgIpc) is 2.92. The SMILES string of the molecule is Cc1ccccc1S(=O)(=O)N1C[C@@H](O)COC[C@H]2O[C@H](CC(=O)N3CCC(Cc4ccccc4)CC3)CC[C@@H]21. The van der Waals surface area contributed by atoms with Crippen molar-refractivity contribution in [1.29, 1.82) is 0 Å². The lowest BCUT2D eigenvalue weighted by Crippen LogP contribution is -2.57. The fraction of sp³-hybridized carbons (Fsp3) is 0.567. The second kappa shape index (κ2) is 12.5. The van der Waals surface area contributed by atoms with Crippen molar-refractivity contribution < 1.29 is 27.8 Å². The van der Waals surface area contributed by atoms with Crippen LogP contribution in [0.3, 0.4) is 0 Å². The van der Waals surface area contributed by atoms with Crippen LogP contribution in [0.2, 0.25) is 0 Å². The summed E-state index contributed by atoms with van der Waals surface area (Å²) in [5, 5.41) is 10.4. The van der Waals surface area contributed by atoms with E-state index < -0.39 is 28.3 Å². The normalized spacial score (nSPS) is 27.4. The predicted molar refractivity (Wildman–Crippen MR) is 148 cm³/mol. The zero-order valence-electron chi connectivity index (χ0n) is 22.7. The van der Waals surface area contributed by atoms with Crippen LogP contribution in [0.1, 0.15) is 43.2 Å². The van der Waals surface area contributed by atoms with Gasteiger partial charge in [-0.25, -0.2) is 8.42 Å². The van der Waals surface area contributed by atoms with Gasteiger partial charge in [-0.05, 0) is 62.1 Å². The molecule has 4 atom stereocenters. The fourth-order valence-corrected chi connectivity index (χ4v) is 8.14. The molecule has 1 N–H and O–H groups in total. The molecule has 9 heteroatoms. The molecule has 1 amide bonds.